The quantitative estimate of drug-likeness (QED) is 0.809. The number of rotatable bonds is 4. The maximum Gasteiger partial charge on any atom is 0.122 e. The van der Waals surface area contributed by atoms with Gasteiger partial charge in [-0.15, -0.1) is 0 Å². The molecule has 0 saturated carbocycles. The summed E-state index contributed by atoms with van der Waals surface area (Å²) < 4.78 is 11.4. The topological polar surface area (TPSA) is 18.5 Å². The molecule has 0 amide bonds. The fourth-order valence-electron chi connectivity index (χ4n) is 2.60. The van der Waals surface area contributed by atoms with Crippen molar-refractivity contribution in [3.63, 3.8) is 0 Å². The van der Waals surface area contributed by atoms with Crippen molar-refractivity contribution in [1.29, 1.82) is 0 Å². The minimum Gasteiger partial charge on any atom is -0.496 e. The van der Waals surface area contributed by atoms with Gasteiger partial charge in [0.15, 0.2) is 0 Å². The molecule has 0 saturated heterocycles. The summed E-state index contributed by atoms with van der Waals surface area (Å²) in [5.41, 5.74) is 2.77. The van der Waals surface area contributed by atoms with Crippen LogP contribution in [0.4, 0.5) is 0 Å². The first kappa shape index (κ1) is 16.0. The Kier molecular flexibility index (Phi) is 6.93. The molecule has 0 N–H and O–H groups in total. The van der Waals surface area contributed by atoms with Gasteiger partial charge in [0.05, 0.1) is 13.2 Å². The van der Waals surface area contributed by atoms with Crippen molar-refractivity contribution < 1.29 is 9.47 Å². The lowest BCUT2D eigenvalue weighted by atomic mass is 9.82. The monoisotopic (exact) mass is 264 g/mol. The predicted molar refractivity (Wildman–Crippen MR) is 80.9 cm³/mol. The van der Waals surface area contributed by atoms with Gasteiger partial charge in [0, 0.05) is 13.0 Å². The lowest BCUT2D eigenvalue weighted by Gasteiger charge is -2.31. The molecule has 0 aliphatic heterocycles. The molecule has 2 nitrogen and oxygen atoms in total. The second-order valence-corrected chi connectivity index (χ2v) is 4.89. The molecular formula is C17H28O2. The Balaban J connectivity index is 0.000000861. The molecule has 1 aromatic rings. The van der Waals surface area contributed by atoms with Crippen molar-refractivity contribution in [3.8, 4) is 5.75 Å². The van der Waals surface area contributed by atoms with Crippen LogP contribution >= 0.6 is 0 Å². The van der Waals surface area contributed by atoms with Gasteiger partial charge in [-0.3, -0.25) is 0 Å². The summed E-state index contributed by atoms with van der Waals surface area (Å²) in [5, 5.41) is 0. The summed E-state index contributed by atoms with van der Waals surface area (Å²) in [4.78, 5) is 0. The molecule has 108 valence electrons. The van der Waals surface area contributed by atoms with Crippen LogP contribution in [-0.2, 0) is 17.6 Å². The Labute approximate surface area is 118 Å². The van der Waals surface area contributed by atoms with E-state index in [1.165, 1.54) is 11.1 Å². The van der Waals surface area contributed by atoms with Crippen LogP contribution in [0.25, 0.3) is 0 Å². The summed E-state index contributed by atoms with van der Waals surface area (Å²) in [5.74, 6) is 1.61. The Morgan fingerprint density at radius 1 is 1.21 bits per heavy atom. The standard InChI is InChI=1S/C15H22O2.C2H6/c1-4-8-17-15-10-13-12(9-11(15)2)6-5-7-14(13)16-3;1-2/h5-7,11,15H,4,8-10H2,1-3H3;1-2H3/t11-,15-;/m1./s1. The van der Waals surface area contributed by atoms with E-state index in [1.807, 2.05) is 19.9 Å². The second kappa shape index (κ2) is 8.21. The zero-order chi connectivity index (χ0) is 14.3. The van der Waals surface area contributed by atoms with Crippen LogP contribution in [-0.4, -0.2) is 19.8 Å². The summed E-state index contributed by atoms with van der Waals surface area (Å²) in [7, 11) is 1.75. The van der Waals surface area contributed by atoms with Crippen LogP contribution < -0.4 is 4.74 Å². The molecule has 1 aromatic carbocycles. The molecule has 2 atom stereocenters. The highest BCUT2D eigenvalue weighted by atomic mass is 16.5. The highest BCUT2D eigenvalue weighted by Gasteiger charge is 2.27. The highest BCUT2D eigenvalue weighted by molar-refractivity contribution is 5.42. The maximum atomic E-state index is 5.95. The zero-order valence-electron chi connectivity index (χ0n) is 13.0. The average molecular weight is 264 g/mol. The van der Waals surface area contributed by atoms with Gasteiger partial charge in [-0.2, -0.15) is 0 Å². The van der Waals surface area contributed by atoms with Crippen LogP contribution in [0.3, 0.4) is 0 Å². The molecular weight excluding hydrogens is 236 g/mol. The third-order valence-electron chi connectivity index (χ3n) is 3.57. The second-order valence-electron chi connectivity index (χ2n) is 4.89. The van der Waals surface area contributed by atoms with Crippen molar-refractivity contribution in [1.82, 2.24) is 0 Å². The van der Waals surface area contributed by atoms with E-state index in [0.29, 0.717) is 12.0 Å². The SMILES string of the molecule is CC.CCCO[C@@H]1Cc2c(cccc2OC)C[C@H]1C. The van der Waals surface area contributed by atoms with E-state index in [0.717, 1.165) is 31.6 Å². The number of methoxy groups -OCH3 is 1. The molecule has 1 aliphatic rings. The molecule has 19 heavy (non-hydrogen) atoms. The molecule has 0 aromatic heterocycles. The number of fused-ring (bicyclic) bond motifs is 1. The fourth-order valence-corrected chi connectivity index (χ4v) is 2.60. The number of hydrogen-bond acceptors (Lipinski definition) is 2. The molecule has 2 heteroatoms. The lowest BCUT2D eigenvalue weighted by molar-refractivity contribution is 0.0129. The maximum absolute atomic E-state index is 5.95. The minimum absolute atomic E-state index is 0.346. The van der Waals surface area contributed by atoms with Crippen LogP contribution in [0.1, 0.15) is 45.2 Å². The van der Waals surface area contributed by atoms with Crippen molar-refractivity contribution in [2.75, 3.05) is 13.7 Å². The minimum atomic E-state index is 0.346. The van der Waals surface area contributed by atoms with Gasteiger partial charge in [0.2, 0.25) is 0 Å². The molecule has 0 heterocycles. The van der Waals surface area contributed by atoms with E-state index in [4.69, 9.17) is 9.47 Å². The van der Waals surface area contributed by atoms with Crippen LogP contribution in [0, 0.1) is 5.92 Å². The van der Waals surface area contributed by atoms with Gasteiger partial charge in [0.1, 0.15) is 5.75 Å². The van der Waals surface area contributed by atoms with Crippen LogP contribution in [0.2, 0.25) is 0 Å². The highest BCUT2D eigenvalue weighted by Crippen LogP contribution is 2.33. The van der Waals surface area contributed by atoms with Gasteiger partial charge in [-0.05, 0) is 36.0 Å². The number of hydrogen-bond donors (Lipinski definition) is 0. The van der Waals surface area contributed by atoms with Gasteiger partial charge < -0.3 is 9.47 Å². The van der Waals surface area contributed by atoms with E-state index in [2.05, 4.69) is 26.0 Å². The zero-order valence-corrected chi connectivity index (χ0v) is 13.0. The molecule has 0 fully saturated rings. The molecule has 1 aliphatic carbocycles. The van der Waals surface area contributed by atoms with Crippen molar-refractivity contribution in [2.45, 2.75) is 53.1 Å². The summed E-state index contributed by atoms with van der Waals surface area (Å²) in [6, 6.07) is 6.34. The van der Waals surface area contributed by atoms with Gasteiger partial charge >= 0.3 is 0 Å². The van der Waals surface area contributed by atoms with E-state index in [9.17, 15) is 0 Å². The van der Waals surface area contributed by atoms with E-state index in [1.54, 1.807) is 7.11 Å². The van der Waals surface area contributed by atoms with E-state index < -0.39 is 0 Å². The van der Waals surface area contributed by atoms with Gasteiger partial charge in [0.25, 0.3) is 0 Å². The summed E-state index contributed by atoms with van der Waals surface area (Å²) in [6.07, 6.45) is 3.52. The molecule has 0 bridgehead atoms. The van der Waals surface area contributed by atoms with Gasteiger partial charge in [-0.25, -0.2) is 0 Å². The first-order valence-corrected chi connectivity index (χ1v) is 7.52. The van der Waals surface area contributed by atoms with E-state index >= 15 is 0 Å². The van der Waals surface area contributed by atoms with Gasteiger partial charge in [-0.1, -0.05) is 39.8 Å². The normalized spacial score (nSPS) is 21.1. The third-order valence-corrected chi connectivity index (χ3v) is 3.57. The molecule has 0 radical (unpaired) electrons. The summed E-state index contributed by atoms with van der Waals surface area (Å²) in [6.45, 7) is 9.30. The van der Waals surface area contributed by atoms with Crippen molar-refractivity contribution in [3.05, 3.63) is 29.3 Å². The molecule has 2 rings (SSSR count). The average Bonchev–Trinajstić information content (AvgIpc) is 2.46. The Hall–Kier alpha value is -1.02. The Morgan fingerprint density at radius 2 is 1.95 bits per heavy atom. The molecule has 0 unspecified atom stereocenters. The smallest absolute Gasteiger partial charge is 0.122 e. The first-order valence-electron chi connectivity index (χ1n) is 7.52. The number of benzene rings is 1. The van der Waals surface area contributed by atoms with E-state index in [-0.39, 0.29) is 0 Å². The van der Waals surface area contributed by atoms with Crippen LogP contribution in [0.5, 0.6) is 5.75 Å². The molecule has 0 spiro atoms. The third kappa shape index (κ3) is 3.97. The fraction of sp³-hybridized carbons (Fsp3) is 0.647. The largest absolute Gasteiger partial charge is 0.496 e. The first-order chi connectivity index (χ1) is 9.26. The predicted octanol–water partition coefficient (Wildman–Crippen LogP) is 4.25. The van der Waals surface area contributed by atoms with Crippen molar-refractivity contribution >= 4 is 0 Å². The number of ether oxygens (including phenoxy) is 2. The Morgan fingerprint density at radius 3 is 2.58 bits per heavy atom. The lowest BCUT2D eigenvalue weighted by Crippen LogP contribution is -2.31. The van der Waals surface area contributed by atoms with Crippen LogP contribution in [0.15, 0.2) is 18.2 Å². The Bertz CT molecular complexity index is 374. The van der Waals surface area contributed by atoms with Crippen molar-refractivity contribution in [2.24, 2.45) is 5.92 Å². The summed E-state index contributed by atoms with van der Waals surface area (Å²) >= 11 is 0.